The van der Waals surface area contributed by atoms with Gasteiger partial charge in [-0.1, -0.05) is 42.5 Å². The molecule has 2 fully saturated rings. The van der Waals surface area contributed by atoms with E-state index >= 15 is 0 Å². The van der Waals surface area contributed by atoms with Crippen LogP contribution in [0.3, 0.4) is 0 Å². The van der Waals surface area contributed by atoms with Crippen LogP contribution >= 0.6 is 0 Å². The second-order valence-corrected chi connectivity index (χ2v) is 8.72. The first-order valence-electron chi connectivity index (χ1n) is 9.56. The summed E-state index contributed by atoms with van der Waals surface area (Å²) in [6.45, 7) is 12.9. The Kier molecular flexibility index (Phi) is 3.73. The van der Waals surface area contributed by atoms with Crippen LogP contribution in [0, 0.1) is 0 Å². The monoisotopic (exact) mass is 336 g/mol. The molecular weight excluding hydrogens is 306 g/mol. The van der Waals surface area contributed by atoms with Gasteiger partial charge in [-0.2, -0.15) is 0 Å². The Morgan fingerprint density at radius 3 is 2.48 bits per heavy atom. The first-order valence-corrected chi connectivity index (χ1v) is 9.56. The van der Waals surface area contributed by atoms with Crippen molar-refractivity contribution in [3.8, 4) is 5.75 Å². The first kappa shape index (κ1) is 16.7. The molecule has 3 atom stereocenters. The largest absolute Gasteiger partial charge is 0.491 e. The van der Waals surface area contributed by atoms with E-state index < -0.39 is 0 Å². The molecule has 0 spiro atoms. The Hall–Kier alpha value is -1.80. The maximum atomic E-state index is 5.96. The zero-order chi connectivity index (χ0) is 17.7. The molecule has 2 aliphatic rings. The van der Waals surface area contributed by atoms with Crippen molar-refractivity contribution in [3.63, 3.8) is 0 Å². The third-order valence-electron chi connectivity index (χ3n) is 6.95. The molecule has 0 radical (unpaired) electrons. The van der Waals surface area contributed by atoms with Crippen molar-refractivity contribution >= 4 is 0 Å². The number of hydrogen-bond acceptors (Lipinski definition) is 1. The summed E-state index contributed by atoms with van der Waals surface area (Å²) in [5.41, 5.74) is 3.46. The highest BCUT2D eigenvalue weighted by atomic mass is 16.5. The Bertz CT molecular complexity index is 767. The van der Waals surface area contributed by atoms with Crippen molar-refractivity contribution < 1.29 is 9.22 Å². The lowest BCUT2D eigenvalue weighted by Crippen LogP contribution is -2.39. The van der Waals surface area contributed by atoms with Crippen LogP contribution in [0.5, 0.6) is 5.75 Å². The molecule has 4 rings (SSSR count). The molecule has 3 unspecified atom stereocenters. The van der Waals surface area contributed by atoms with E-state index in [1.807, 2.05) is 0 Å². The van der Waals surface area contributed by atoms with Crippen molar-refractivity contribution in [3.05, 3.63) is 65.7 Å². The zero-order valence-electron chi connectivity index (χ0n) is 16.0. The van der Waals surface area contributed by atoms with Gasteiger partial charge in [-0.15, -0.1) is 0 Å². The van der Waals surface area contributed by atoms with Gasteiger partial charge in [0.25, 0.3) is 0 Å². The van der Waals surface area contributed by atoms with Crippen molar-refractivity contribution in [2.75, 3.05) is 13.1 Å². The van der Waals surface area contributed by atoms with Gasteiger partial charge in [0, 0.05) is 12.0 Å². The molecule has 0 N–H and O–H groups in total. The second-order valence-electron chi connectivity index (χ2n) is 8.72. The number of fused-ring (bicyclic) bond motifs is 1. The number of piperidine rings is 1. The highest BCUT2D eigenvalue weighted by Gasteiger charge is 2.78. The van der Waals surface area contributed by atoms with Gasteiger partial charge < -0.3 is 9.22 Å². The van der Waals surface area contributed by atoms with Crippen molar-refractivity contribution in [2.45, 2.75) is 57.7 Å². The molecule has 0 saturated carbocycles. The standard InChI is InChI=1S/C23H30NO/c1-18(2)25-21-12-8-11-20(15-21)22(3)13-14-24(17-23(22,24)4)16-19-9-6-5-7-10-19/h5-12,15,18H,13-14,16-17H2,1-4H3/q+1. The Balaban J connectivity index is 1.62. The number of benzene rings is 2. The minimum Gasteiger partial charge on any atom is -0.491 e. The second kappa shape index (κ2) is 5.60. The van der Waals surface area contributed by atoms with Crippen LogP contribution in [-0.4, -0.2) is 29.2 Å². The Labute approximate surface area is 152 Å². The van der Waals surface area contributed by atoms with Gasteiger partial charge in [0.05, 0.1) is 18.1 Å². The van der Waals surface area contributed by atoms with E-state index in [1.165, 1.54) is 35.1 Å². The zero-order valence-corrected chi connectivity index (χ0v) is 16.0. The van der Waals surface area contributed by atoms with Crippen LogP contribution in [0.1, 0.15) is 45.2 Å². The van der Waals surface area contributed by atoms with E-state index in [0.29, 0.717) is 5.54 Å². The summed E-state index contributed by atoms with van der Waals surface area (Å²) >= 11 is 0. The lowest BCUT2D eigenvalue weighted by Gasteiger charge is -2.29. The third-order valence-corrected chi connectivity index (χ3v) is 6.95. The average molecular weight is 336 g/mol. The molecule has 132 valence electrons. The fourth-order valence-corrected chi connectivity index (χ4v) is 5.17. The van der Waals surface area contributed by atoms with Crippen LogP contribution in [0.4, 0.5) is 0 Å². The molecule has 25 heavy (non-hydrogen) atoms. The minimum atomic E-state index is 0.219. The van der Waals surface area contributed by atoms with E-state index in [4.69, 9.17) is 4.74 Å². The third kappa shape index (κ3) is 2.50. The van der Waals surface area contributed by atoms with E-state index in [1.54, 1.807) is 0 Å². The minimum absolute atomic E-state index is 0.219. The van der Waals surface area contributed by atoms with Gasteiger partial charge in [-0.25, -0.2) is 0 Å². The summed E-state index contributed by atoms with van der Waals surface area (Å²) in [4.78, 5) is 0. The smallest absolute Gasteiger partial charge is 0.156 e. The van der Waals surface area contributed by atoms with Gasteiger partial charge in [0.15, 0.2) is 5.54 Å². The van der Waals surface area contributed by atoms with Crippen LogP contribution in [0.2, 0.25) is 0 Å². The van der Waals surface area contributed by atoms with Gasteiger partial charge in [-0.3, -0.25) is 0 Å². The maximum absolute atomic E-state index is 5.96. The topological polar surface area (TPSA) is 9.23 Å². The average Bonchev–Trinajstić information content (AvgIpc) is 3.12. The summed E-state index contributed by atoms with van der Waals surface area (Å²) in [5, 5.41) is 0. The van der Waals surface area contributed by atoms with Gasteiger partial charge in [0.2, 0.25) is 0 Å². The van der Waals surface area contributed by atoms with Crippen LogP contribution in [-0.2, 0) is 12.0 Å². The number of hydrogen-bond donors (Lipinski definition) is 0. The molecule has 0 aromatic heterocycles. The lowest BCUT2D eigenvalue weighted by molar-refractivity contribution is -0.832. The van der Waals surface area contributed by atoms with E-state index in [9.17, 15) is 0 Å². The van der Waals surface area contributed by atoms with Crippen molar-refractivity contribution in [1.82, 2.24) is 0 Å². The number of rotatable bonds is 5. The van der Waals surface area contributed by atoms with Crippen LogP contribution < -0.4 is 4.74 Å². The van der Waals surface area contributed by atoms with Crippen LogP contribution in [0.15, 0.2) is 54.6 Å². The van der Waals surface area contributed by atoms with E-state index in [2.05, 4.69) is 82.3 Å². The fraction of sp³-hybridized carbons (Fsp3) is 0.478. The number of quaternary nitrogens is 1. The Morgan fingerprint density at radius 1 is 1.04 bits per heavy atom. The summed E-state index contributed by atoms with van der Waals surface area (Å²) in [6, 6.07) is 19.8. The molecule has 2 heteroatoms. The summed E-state index contributed by atoms with van der Waals surface area (Å²) in [6.07, 6.45) is 1.47. The summed E-state index contributed by atoms with van der Waals surface area (Å²) in [7, 11) is 0. The van der Waals surface area contributed by atoms with Gasteiger partial charge in [-0.05, 0) is 45.4 Å². The molecule has 2 aromatic rings. The highest BCUT2D eigenvalue weighted by Crippen LogP contribution is 2.63. The quantitative estimate of drug-likeness (QED) is 0.556. The molecule has 0 bridgehead atoms. The molecule has 2 aliphatic heterocycles. The van der Waals surface area contributed by atoms with Gasteiger partial charge in [0.1, 0.15) is 18.8 Å². The molecular formula is C23H30NO+. The Morgan fingerprint density at radius 2 is 1.80 bits per heavy atom. The maximum Gasteiger partial charge on any atom is 0.156 e. The molecule has 2 saturated heterocycles. The number of nitrogens with zero attached hydrogens (tertiary/aromatic N) is 1. The van der Waals surface area contributed by atoms with Gasteiger partial charge >= 0.3 is 0 Å². The van der Waals surface area contributed by atoms with Crippen LogP contribution in [0.25, 0.3) is 0 Å². The first-order chi connectivity index (χ1) is 11.9. The SMILES string of the molecule is CC(C)Oc1cccc(C2(C)CC[N+]3(Cc4ccccc4)CC23C)c1. The summed E-state index contributed by atoms with van der Waals surface area (Å²) < 4.78 is 7.20. The predicted octanol–water partition coefficient (Wildman–Crippen LogP) is 4.92. The molecule has 2 nitrogen and oxygen atoms in total. The van der Waals surface area contributed by atoms with Crippen molar-refractivity contribution in [1.29, 1.82) is 0 Å². The predicted molar refractivity (Wildman–Crippen MR) is 103 cm³/mol. The highest BCUT2D eigenvalue weighted by molar-refractivity contribution is 5.39. The molecule has 0 aliphatic carbocycles. The molecule has 2 heterocycles. The number of ether oxygens (including phenoxy) is 1. The normalized spacial score (nSPS) is 33.3. The fourth-order valence-electron chi connectivity index (χ4n) is 5.17. The molecule has 2 aromatic carbocycles. The lowest BCUT2D eigenvalue weighted by atomic mass is 9.71. The molecule has 0 amide bonds. The van der Waals surface area contributed by atoms with E-state index in [0.717, 1.165) is 12.3 Å². The van der Waals surface area contributed by atoms with E-state index in [-0.39, 0.29) is 11.5 Å². The van der Waals surface area contributed by atoms with Crippen molar-refractivity contribution in [2.24, 2.45) is 0 Å². The summed E-state index contributed by atoms with van der Waals surface area (Å²) in [5.74, 6) is 1.01.